The maximum atomic E-state index is 12.4. The van der Waals surface area contributed by atoms with E-state index in [1.807, 2.05) is 0 Å². The van der Waals surface area contributed by atoms with Gasteiger partial charge in [0.2, 0.25) is 0 Å². The molecule has 0 aromatic heterocycles. The number of amides is 1. The standard InChI is InChI=1S/C12H14BrF2NO2/c1-18-10-4-2-9(3-5-10)12(17)16(7-6-13)8-11(14)15/h2-5,11H,6-8H2,1H3. The number of hydrogen-bond acceptors (Lipinski definition) is 2. The first-order valence-electron chi connectivity index (χ1n) is 5.36. The Morgan fingerprint density at radius 1 is 1.39 bits per heavy atom. The predicted octanol–water partition coefficient (Wildman–Crippen LogP) is 2.80. The van der Waals surface area contributed by atoms with Crippen LogP contribution < -0.4 is 4.74 Å². The summed E-state index contributed by atoms with van der Waals surface area (Å²) in [5, 5.41) is 0.460. The molecule has 6 heteroatoms. The zero-order valence-corrected chi connectivity index (χ0v) is 11.5. The highest BCUT2D eigenvalue weighted by Gasteiger charge is 2.19. The van der Waals surface area contributed by atoms with E-state index < -0.39 is 18.9 Å². The van der Waals surface area contributed by atoms with E-state index in [9.17, 15) is 13.6 Å². The Morgan fingerprint density at radius 2 is 2.00 bits per heavy atom. The molecule has 0 aliphatic heterocycles. The van der Waals surface area contributed by atoms with Crippen molar-refractivity contribution in [3.05, 3.63) is 29.8 Å². The van der Waals surface area contributed by atoms with Crippen LogP contribution in [0.3, 0.4) is 0 Å². The van der Waals surface area contributed by atoms with E-state index in [2.05, 4.69) is 15.9 Å². The second-order valence-electron chi connectivity index (χ2n) is 3.56. The van der Waals surface area contributed by atoms with Gasteiger partial charge in [0.05, 0.1) is 13.7 Å². The minimum Gasteiger partial charge on any atom is -0.497 e. The van der Waals surface area contributed by atoms with Gasteiger partial charge in [-0.05, 0) is 24.3 Å². The molecule has 0 spiro atoms. The first kappa shape index (κ1) is 14.9. The molecule has 100 valence electrons. The number of methoxy groups -OCH3 is 1. The SMILES string of the molecule is COc1ccc(C(=O)N(CCBr)CC(F)F)cc1. The average Bonchev–Trinajstić information content (AvgIpc) is 2.37. The van der Waals surface area contributed by atoms with Gasteiger partial charge in [0.15, 0.2) is 0 Å². The van der Waals surface area contributed by atoms with Crippen molar-refractivity contribution in [2.75, 3.05) is 25.5 Å². The molecule has 0 saturated heterocycles. The van der Waals surface area contributed by atoms with Gasteiger partial charge >= 0.3 is 0 Å². The summed E-state index contributed by atoms with van der Waals surface area (Å²) in [6.07, 6.45) is -2.54. The minimum absolute atomic E-state index is 0.245. The van der Waals surface area contributed by atoms with E-state index in [1.165, 1.54) is 7.11 Å². The van der Waals surface area contributed by atoms with Crippen LogP contribution in [0.5, 0.6) is 5.75 Å². The lowest BCUT2D eigenvalue weighted by molar-refractivity contribution is 0.0572. The largest absolute Gasteiger partial charge is 0.497 e. The zero-order valence-electron chi connectivity index (χ0n) is 9.91. The lowest BCUT2D eigenvalue weighted by atomic mass is 10.2. The van der Waals surface area contributed by atoms with Crippen molar-refractivity contribution in [3.63, 3.8) is 0 Å². The average molecular weight is 322 g/mol. The Kier molecular flexibility index (Phi) is 6.04. The molecule has 0 saturated carbocycles. The van der Waals surface area contributed by atoms with Gasteiger partial charge in [0.25, 0.3) is 12.3 Å². The molecule has 0 fully saturated rings. The summed E-state index contributed by atoms with van der Waals surface area (Å²) >= 11 is 3.14. The van der Waals surface area contributed by atoms with Gasteiger partial charge in [-0.2, -0.15) is 0 Å². The van der Waals surface area contributed by atoms with Crippen LogP contribution in [-0.2, 0) is 0 Å². The summed E-state index contributed by atoms with van der Waals surface area (Å²) in [6, 6.07) is 6.38. The molecular formula is C12H14BrF2NO2. The molecule has 1 amide bonds. The zero-order chi connectivity index (χ0) is 13.5. The molecule has 1 aromatic carbocycles. The van der Waals surface area contributed by atoms with Gasteiger partial charge in [0.1, 0.15) is 5.75 Å². The van der Waals surface area contributed by atoms with Crippen LogP contribution in [0.25, 0.3) is 0 Å². The molecule has 0 heterocycles. The van der Waals surface area contributed by atoms with E-state index in [0.29, 0.717) is 16.6 Å². The molecule has 3 nitrogen and oxygen atoms in total. The van der Waals surface area contributed by atoms with Gasteiger partial charge in [-0.15, -0.1) is 0 Å². The maximum absolute atomic E-state index is 12.4. The second kappa shape index (κ2) is 7.31. The molecule has 0 unspecified atom stereocenters. The third-order valence-electron chi connectivity index (χ3n) is 2.34. The van der Waals surface area contributed by atoms with Crippen molar-refractivity contribution in [2.45, 2.75) is 6.43 Å². The van der Waals surface area contributed by atoms with Gasteiger partial charge in [-0.1, -0.05) is 15.9 Å². The topological polar surface area (TPSA) is 29.5 Å². The number of ether oxygens (including phenoxy) is 1. The molecule has 1 aromatic rings. The maximum Gasteiger partial charge on any atom is 0.255 e. The number of halogens is 3. The van der Waals surface area contributed by atoms with Crippen molar-refractivity contribution in [1.82, 2.24) is 4.90 Å². The predicted molar refractivity (Wildman–Crippen MR) is 68.7 cm³/mol. The van der Waals surface area contributed by atoms with Gasteiger partial charge in [0, 0.05) is 17.4 Å². The summed E-state index contributed by atoms with van der Waals surface area (Å²) in [7, 11) is 1.52. The van der Waals surface area contributed by atoms with Crippen LogP contribution in [0.4, 0.5) is 8.78 Å². The summed E-state index contributed by atoms with van der Waals surface area (Å²) in [4.78, 5) is 13.1. The van der Waals surface area contributed by atoms with Gasteiger partial charge < -0.3 is 9.64 Å². The fourth-order valence-electron chi connectivity index (χ4n) is 1.46. The smallest absolute Gasteiger partial charge is 0.255 e. The number of nitrogens with zero attached hydrogens (tertiary/aromatic N) is 1. The van der Waals surface area contributed by atoms with E-state index in [0.717, 1.165) is 4.90 Å². The van der Waals surface area contributed by atoms with Crippen molar-refractivity contribution < 1.29 is 18.3 Å². The van der Waals surface area contributed by atoms with Crippen LogP contribution in [0, 0.1) is 0 Å². The van der Waals surface area contributed by atoms with Crippen molar-refractivity contribution in [3.8, 4) is 5.75 Å². The van der Waals surface area contributed by atoms with Crippen molar-refractivity contribution in [1.29, 1.82) is 0 Å². The monoisotopic (exact) mass is 321 g/mol. The third-order valence-corrected chi connectivity index (χ3v) is 2.69. The van der Waals surface area contributed by atoms with Crippen LogP contribution in [0.2, 0.25) is 0 Å². The van der Waals surface area contributed by atoms with Gasteiger partial charge in [-0.25, -0.2) is 8.78 Å². The molecule has 1 rings (SSSR count). The number of rotatable bonds is 6. The van der Waals surface area contributed by atoms with E-state index in [4.69, 9.17) is 4.74 Å². The summed E-state index contributed by atoms with van der Waals surface area (Å²) in [5.74, 6) is 0.213. The highest BCUT2D eigenvalue weighted by atomic mass is 79.9. The quantitative estimate of drug-likeness (QED) is 0.754. The van der Waals surface area contributed by atoms with Crippen LogP contribution in [-0.4, -0.2) is 42.8 Å². The van der Waals surface area contributed by atoms with Crippen molar-refractivity contribution in [2.24, 2.45) is 0 Å². The molecule has 0 aliphatic rings. The minimum atomic E-state index is -2.54. The molecular weight excluding hydrogens is 308 g/mol. The molecule has 0 aliphatic carbocycles. The number of benzene rings is 1. The molecule has 0 N–H and O–H groups in total. The first-order valence-corrected chi connectivity index (χ1v) is 6.48. The Morgan fingerprint density at radius 3 is 2.44 bits per heavy atom. The number of carbonyl (C=O) groups is 1. The van der Waals surface area contributed by atoms with Gasteiger partial charge in [-0.3, -0.25) is 4.79 Å². The number of hydrogen-bond donors (Lipinski definition) is 0. The Labute approximate surface area is 113 Å². The van der Waals surface area contributed by atoms with Crippen LogP contribution >= 0.6 is 15.9 Å². The Balaban J connectivity index is 2.80. The fourth-order valence-corrected chi connectivity index (χ4v) is 1.89. The highest BCUT2D eigenvalue weighted by Crippen LogP contribution is 2.14. The fraction of sp³-hybridized carbons (Fsp3) is 0.417. The summed E-state index contributed by atoms with van der Waals surface area (Å²) < 4.78 is 29.7. The Hall–Kier alpha value is -1.17. The highest BCUT2D eigenvalue weighted by molar-refractivity contribution is 9.09. The normalized spacial score (nSPS) is 10.5. The summed E-state index contributed by atoms with van der Waals surface area (Å²) in [5.41, 5.74) is 0.373. The third kappa shape index (κ3) is 4.25. The lowest BCUT2D eigenvalue weighted by Gasteiger charge is -2.21. The van der Waals surface area contributed by atoms with E-state index >= 15 is 0 Å². The lowest BCUT2D eigenvalue weighted by Crippen LogP contribution is -2.36. The first-order chi connectivity index (χ1) is 8.58. The van der Waals surface area contributed by atoms with Crippen LogP contribution in [0.15, 0.2) is 24.3 Å². The molecule has 0 radical (unpaired) electrons. The molecule has 0 atom stereocenters. The molecule has 18 heavy (non-hydrogen) atoms. The summed E-state index contributed by atoms with van der Waals surface area (Å²) in [6.45, 7) is -0.314. The van der Waals surface area contributed by atoms with Crippen LogP contribution in [0.1, 0.15) is 10.4 Å². The van der Waals surface area contributed by atoms with E-state index in [-0.39, 0.29) is 6.54 Å². The van der Waals surface area contributed by atoms with E-state index in [1.54, 1.807) is 24.3 Å². The van der Waals surface area contributed by atoms with Crippen molar-refractivity contribution >= 4 is 21.8 Å². The second-order valence-corrected chi connectivity index (χ2v) is 4.35. The molecule has 0 bridgehead atoms. The number of alkyl halides is 3. The number of carbonyl (C=O) groups excluding carboxylic acids is 1. The Bertz CT molecular complexity index is 384.